The molecule has 0 atom stereocenters. The van der Waals surface area contributed by atoms with Gasteiger partial charge in [0, 0.05) is 0 Å². The number of carboxylic acids is 2. The molecule has 0 fully saturated rings. The van der Waals surface area contributed by atoms with Crippen LogP contribution in [-0.2, 0) is 9.59 Å². The maximum absolute atomic E-state index is 9.97. The van der Waals surface area contributed by atoms with Gasteiger partial charge < -0.3 is 19.8 Å². The summed E-state index contributed by atoms with van der Waals surface area (Å²) in [5, 5.41) is 19.9. The van der Waals surface area contributed by atoms with E-state index in [9.17, 15) is 19.8 Å². The summed E-state index contributed by atoms with van der Waals surface area (Å²) < 4.78 is 0. The van der Waals surface area contributed by atoms with Gasteiger partial charge in [-0.15, -0.1) is 0 Å². The maximum atomic E-state index is 9.97. The zero-order chi connectivity index (χ0) is 16.2. The normalized spacial score (nSPS) is 9.74. The molecule has 0 aromatic heterocycles. The van der Waals surface area contributed by atoms with Gasteiger partial charge in [-0.2, -0.15) is 0 Å². The largest absolute Gasteiger partial charge is 2.00 e. The molecular weight excluding hydrogens is 304 g/mol. The number of hydrogen-bond donors (Lipinski definition) is 0. The van der Waals surface area contributed by atoms with Crippen molar-refractivity contribution in [3.05, 3.63) is 83.9 Å². The van der Waals surface area contributed by atoms with Crippen LogP contribution in [0.1, 0.15) is 11.1 Å². The quantitative estimate of drug-likeness (QED) is 0.608. The van der Waals surface area contributed by atoms with Gasteiger partial charge in [-0.3, -0.25) is 0 Å². The van der Waals surface area contributed by atoms with E-state index in [0.717, 1.165) is 23.3 Å². The summed E-state index contributed by atoms with van der Waals surface area (Å²) >= 11 is 0. The van der Waals surface area contributed by atoms with E-state index in [4.69, 9.17) is 0 Å². The van der Waals surface area contributed by atoms with Gasteiger partial charge in [0.05, 0.1) is 11.9 Å². The first-order valence-electron chi connectivity index (χ1n) is 6.46. The minimum atomic E-state index is -1.17. The Kier molecular flexibility index (Phi) is 10.9. The van der Waals surface area contributed by atoms with Crippen molar-refractivity contribution < 1.29 is 19.8 Å². The van der Waals surface area contributed by atoms with Crippen LogP contribution < -0.4 is 10.2 Å². The third-order valence-electron chi connectivity index (χ3n) is 2.42. The zero-order valence-corrected chi connectivity index (χ0v) is 13.8. The molecule has 112 valence electrons. The van der Waals surface area contributed by atoms with E-state index in [1.165, 1.54) is 12.2 Å². The Balaban J connectivity index is 0.000000403. The van der Waals surface area contributed by atoms with Crippen LogP contribution in [0.3, 0.4) is 0 Å². The predicted octanol–water partition coefficient (Wildman–Crippen LogP) is 0.519. The smallest absolute Gasteiger partial charge is 0.545 e. The first kappa shape index (κ1) is 20.6. The fourth-order valence-electron chi connectivity index (χ4n) is 1.46. The molecule has 0 saturated carbocycles. The fourth-order valence-corrected chi connectivity index (χ4v) is 1.46. The summed E-state index contributed by atoms with van der Waals surface area (Å²) in [6, 6.07) is 18.4. The van der Waals surface area contributed by atoms with Crippen molar-refractivity contribution in [1.29, 1.82) is 0 Å². The van der Waals surface area contributed by atoms with Crippen LogP contribution in [0.4, 0.5) is 0 Å². The molecular formula is C18H14MgO4. The van der Waals surface area contributed by atoms with Crippen molar-refractivity contribution in [2.24, 2.45) is 0 Å². The van der Waals surface area contributed by atoms with Crippen LogP contribution in [-0.4, -0.2) is 35.0 Å². The van der Waals surface area contributed by atoms with Gasteiger partial charge in [0.15, 0.2) is 0 Å². The van der Waals surface area contributed by atoms with E-state index >= 15 is 0 Å². The van der Waals surface area contributed by atoms with Crippen LogP contribution in [0.5, 0.6) is 0 Å². The second-order valence-corrected chi connectivity index (χ2v) is 4.13. The topological polar surface area (TPSA) is 80.3 Å². The average Bonchev–Trinajstić information content (AvgIpc) is 2.53. The van der Waals surface area contributed by atoms with Gasteiger partial charge >= 0.3 is 23.1 Å². The van der Waals surface area contributed by atoms with E-state index in [-0.39, 0.29) is 23.1 Å². The van der Waals surface area contributed by atoms with E-state index in [0.29, 0.717) is 0 Å². The molecule has 23 heavy (non-hydrogen) atoms. The predicted molar refractivity (Wildman–Crippen MR) is 86.7 cm³/mol. The Bertz CT molecular complexity index is 590. The number of carbonyl (C=O) groups excluding carboxylic acids is 2. The van der Waals surface area contributed by atoms with E-state index in [1.807, 2.05) is 60.7 Å². The second kappa shape index (κ2) is 12.2. The van der Waals surface area contributed by atoms with E-state index in [1.54, 1.807) is 0 Å². The van der Waals surface area contributed by atoms with Gasteiger partial charge in [0.25, 0.3) is 0 Å². The molecule has 0 saturated heterocycles. The summed E-state index contributed by atoms with van der Waals surface area (Å²) in [6.07, 6.45) is 5.01. The SMILES string of the molecule is O=C([O-])C=Cc1ccccc1.O=C([O-])C=Cc1ccccc1.[Mg+2]. The van der Waals surface area contributed by atoms with Crippen molar-refractivity contribution in [2.75, 3.05) is 0 Å². The van der Waals surface area contributed by atoms with Gasteiger partial charge in [-0.05, 0) is 23.3 Å². The minimum Gasteiger partial charge on any atom is -0.545 e. The Labute approximate surface area is 150 Å². The molecule has 0 unspecified atom stereocenters. The van der Waals surface area contributed by atoms with Crippen molar-refractivity contribution >= 4 is 47.1 Å². The monoisotopic (exact) mass is 318 g/mol. The van der Waals surface area contributed by atoms with E-state index in [2.05, 4.69) is 0 Å². The summed E-state index contributed by atoms with van der Waals surface area (Å²) in [5.41, 5.74) is 1.72. The molecule has 0 aliphatic carbocycles. The average molecular weight is 319 g/mol. The van der Waals surface area contributed by atoms with Crippen molar-refractivity contribution in [3.8, 4) is 0 Å². The molecule has 0 spiro atoms. The summed E-state index contributed by atoms with van der Waals surface area (Å²) in [6.45, 7) is 0. The summed E-state index contributed by atoms with van der Waals surface area (Å²) in [7, 11) is 0. The van der Waals surface area contributed by atoms with Gasteiger partial charge in [0.1, 0.15) is 0 Å². The molecule has 2 aromatic rings. The zero-order valence-electron chi connectivity index (χ0n) is 12.4. The van der Waals surface area contributed by atoms with Crippen molar-refractivity contribution in [3.63, 3.8) is 0 Å². The summed E-state index contributed by atoms with van der Waals surface area (Å²) in [5.74, 6) is -2.34. The molecule has 0 bridgehead atoms. The minimum absolute atomic E-state index is 0. The number of aliphatic carboxylic acids is 2. The molecule has 0 radical (unpaired) electrons. The Morgan fingerprint density at radius 2 is 0.957 bits per heavy atom. The van der Waals surface area contributed by atoms with Crippen LogP contribution in [0.2, 0.25) is 0 Å². The van der Waals surface area contributed by atoms with Gasteiger partial charge in [-0.25, -0.2) is 0 Å². The van der Waals surface area contributed by atoms with Crippen LogP contribution in [0, 0.1) is 0 Å². The van der Waals surface area contributed by atoms with E-state index < -0.39 is 11.9 Å². The number of hydrogen-bond acceptors (Lipinski definition) is 4. The maximum Gasteiger partial charge on any atom is 2.00 e. The van der Waals surface area contributed by atoms with Crippen molar-refractivity contribution in [1.82, 2.24) is 0 Å². The third-order valence-corrected chi connectivity index (χ3v) is 2.42. The van der Waals surface area contributed by atoms with Crippen LogP contribution in [0.25, 0.3) is 12.2 Å². The Morgan fingerprint density at radius 1 is 0.652 bits per heavy atom. The van der Waals surface area contributed by atoms with Gasteiger partial charge in [-0.1, -0.05) is 72.8 Å². The summed E-state index contributed by atoms with van der Waals surface area (Å²) in [4.78, 5) is 19.9. The molecule has 0 aliphatic heterocycles. The molecule has 4 nitrogen and oxygen atoms in total. The van der Waals surface area contributed by atoms with Crippen molar-refractivity contribution in [2.45, 2.75) is 0 Å². The molecule has 0 N–H and O–H groups in total. The van der Waals surface area contributed by atoms with Crippen LogP contribution >= 0.6 is 0 Å². The first-order chi connectivity index (χ1) is 10.6. The molecule has 0 aliphatic rings. The third kappa shape index (κ3) is 10.9. The number of rotatable bonds is 4. The Morgan fingerprint density at radius 3 is 1.22 bits per heavy atom. The molecule has 2 rings (SSSR count). The first-order valence-corrected chi connectivity index (χ1v) is 6.46. The Hall–Kier alpha value is -2.37. The molecule has 5 heteroatoms. The van der Waals surface area contributed by atoms with Gasteiger partial charge in [0.2, 0.25) is 0 Å². The number of benzene rings is 2. The molecule has 2 aromatic carbocycles. The molecule has 0 heterocycles. The van der Waals surface area contributed by atoms with Crippen LogP contribution in [0.15, 0.2) is 72.8 Å². The standard InChI is InChI=1S/2C9H8O2.Mg/c2*10-9(11)7-6-8-4-2-1-3-5-8;/h2*1-7H,(H,10,11);/q;;+2/p-2. The number of carboxylic acid groups (broad SMARTS) is 2. The fraction of sp³-hybridized carbons (Fsp3) is 0. The number of carbonyl (C=O) groups is 2. The second-order valence-electron chi connectivity index (χ2n) is 4.13. The molecule has 0 amide bonds.